The van der Waals surface area contributed by atoms with Crippen LogP contribution in [-0.4, -0.2) is 42.3 Å². The summed E-state index contributed by atoms with van der Waals surface area (Å²) in [4.78, 5) is 12.3. The Morgan fingerprint density at radius 3 is 2.68 bits per heavy atom. The zero-order valence-electron chi connectivity index (χ0n) is 18.6. The van der Waals surface area contributed by atoms with E-state index in [0.29, 0.717) is 12.0 Å². The number of aryl methyl sites for hydroxylation is 1. The molecule has 5 rings (SSSR count). The van der Waals surface area contributed by atoms with Gasteiger partial charge in [0, 0.05) is 54.8 Å². The lowest BCUT2D eigenvalue weighted by Gasteiger charge is -2.32. The maximum atomic E-state index is 4.97. The van der Waals surface area contributed by atoms with E-state index in [2.05, 4.69) is 64.8 Å². The lowest BCUT2D eigenvalue weighted by molar-refractivity contribution is 0.191. The average Bonchev–Trinajstić information content (AvgIpc) is 3.37. The van der Waals surface area contributed by atoms with Crippen molar-refractivity contribution in [2.75, 3.05) is 13.1 Å². The fraction of sp³-hybridized carbons (Fsp3) is 0.400. The Labute approximate surface area is 183 Å². The molecule has 1 fully saturated rings. The van der Waals surface area contributed by atoms with Gasteiger partial charge in [-0.3, -0.25) is 14.6 Å². The molecule has 0 saturated carbocycles. The summed E-state index contributed by atoms with van der Waals surface area (Å²) in [5, 5.41) is 4.26. The van der Waals surface area contributed by atoms with Crippen molar-refractivity contribution in [1.82, 2.24) is 29.2 Å². The van der Waals surface area contributed by atoms with Crippen LogP contribution in [0.1, 0.15) is 50.2 Å². The highest BCUT2D eigenvalue weighted by Crippen LogP contribution is 2.29. The second kappa shape index (κ2) is 8.27. The molecule has 6 heteroatoms. The van der Waals surface area contributed by atoms with Gasteiger partial charge in [-0.05, 0) is 51.4 Å². The molecule has 0 spiro atoms. The molecule has 1 aromatic carbocycles. The van der Waals surface area contributed by atoms with Gasteiger partial charge in [0.2, 0.25) is 0 Å². The van der Waals surface area contributed by atoms with E-state index < -0.39 is 0 Å². The Morgan fingerprint density at radius 1 is 1.06 bits per heavy atom. The first-order valence-corrected chi connectivity index (χ1v) is 11.2. The van der Waals surface area contributed by atoms with Gasteiger partial charge in [-0.25, -0.2) is 4.98 Å². The number of pyridine rings is 1. The molecule has 0 N–H and O–H groups in total. The average molecular weight is 415 g/mol. The van der Waals surface area contributed by atoms with Crippen LogP contribution in [0, 0.1) is 0 Å². The number of imidazole rings is 1. The van der Waals surface area contributed by atoms with E-state index in [4.69, 9.17) is 9.97 Å². The van der Waals surface area contributed by atoms with Gasteiger partial charge in [0.25, 0.3) is 0 Å². The second-order valence-electron chi connectivity index (χ2n) is 8.93. The molecular weight excluding hydrogens is 384 g/mol. The summed E-state index contributed by atoms with van der Waals surface area (Å²) in [7, 11) is 1.94. The van der Waals surface area contributed by atoms with E-state index in [0.717, 1.165) is 42.1 Å². The van der Waals surface area contributed by atoms with Crippen molar-refractivity contribution < 1.29 is 0 Å². The molecule has 4 heterocycles. The fourth-order valence-corrected chi connectivity index (χ4v) is 4.81. The van der Waals surface area contributed by atoms with E-state index in [1.807, 2.05) is 30.3 Å². The van der Waals surface area contributed by atoms with Crippen molar-refractivity contribution in [1.29, 1.82) is 0 Å². The molecule has 6 nitrogen and oxygen atoms in total. The number of benzene rings is 1. The van der Waals surface area contributed by atoms with Crippen molar-refractivity contribution >= 4 is 11.0 Å². The lowest BCUT2D eigenvalue weighted by atomic mass is 9.94. The van der Waals surface area contributed by atoms with E-state index in [1.54, 1.807) is 0 Å². The standard InChI is InChI=1S/C25H30N6/c1-18(2)31-24-9-5-4-8-23(24)28-25(31)17-30-12-6-7-20(16-30)22-11-10-19(13-26-22)21-14-27-29(3)15-21/h4-5,8-11,13-15,18,20H,6-7,12,16-17H2,1-3H3/t20-/m1/s1. The highest BCUT2D eigenvalue weighted by molar-refractivity contribution is 5.76. The minimum atomic E-state index is 0.393. The Hall–Kier alpha value is -2.99. The molecule has 1 aliphatic heterocycles. The first-order chi connectivity index (χ1) is 15.1. The summed E-state index contributed by atoms with van der Waals surface area (Å²) in [6, 6.07) is 13.2. The fourth-order valence-electron chi connectivity index (χ4n) is 4.81. The maximum absolute atomic E-state index is 4.97. The number of para-hydroxylation sites is 2. The second-order valence-corrected chi connectivity index (χ2v) is 8.93. The van der Waals surface area contributed by atoms with E-state index in [-0.39, 0.29) is 0 Å². The van der Waals surface area contributed by atoms with Gasteiger partial charge >= 0.3 is 0 Å². The number of hydrogen-bond donors (Lipinski definition) is 0. The van der Waals surface area contributed by atoms with Gasteiger partial charge in [-0.2, -0.15) is 5.10 Å². The van der Waals surface area contributed by atoms with Crippen molar-refractivity contribution in [2.24, 2.45) is 7.05 Å². The van der Waals surface area contributed by atoms with Crippen molar-refractivity contribution in [3.05, 3.63) is 66.5 Å². The SMILES string of the molecule is CC(C)n1c(CN2CCC[C@@H](c3ccc(-c4cnn(C)c4)cn3)C2)nc2ccccc21. The van der Waals surface area contributed by atoms with E-state index in [1.165, 1.54) is 24.1 Å². The van der Waals surface area contributed by atoms with Gasteiger partial charge in [0.1, 0.15) is 5.82 Å². The van der Waals surface area contributed by atoms with Crippen LogP contribution in [0.25, 0.3) is 22.2 Å². The van der Waals surface area contributed by atoms with Crippen LogP contribution in [-0.2, 0) is 13.6 Å². The van der Waals surface area contributed by atoms with E-state index in [9.17, 15) is 0 Å². The predicted octanol–water partition coefficient (Wildman–Crippen LogP) is 4.79. The third-order valence-corrected chi connectivity index (χ3v) is 6.30. The Bertz CT molecular complexity index is 1170. The van der Waals surface area contributed by atoms with Crippen LogP contribution >= 0.6 is 0 Å². The van der Waals surface area contributed by atoms with Gasteiger partial charge in [-0.1, -0.05) is 18.2 Å². The molecule has 1 saturated heterocycles. The lowest BCUT2D eigenvalue weighted by Crippen LogP contribution is -2.35. The summed E-state index contributed by atoms with van der Waals surface area (Å²) in [5.41, 5.74) is 5.74. The topological polar surface area (TPSA) is 51.8 Å². The number of hydrogen-bond acceptors (Lipinski definition) is 4. The Morgan fingerprint density at radius 2 is 1.94 bits per heavy atom. The third-order valence-electron chi connectivity index (χ3n) is 6.30. The number of fused-ring (bicyclic) bond motifs is 1. The molecule has 3 aromatic heterocycles. The first kappa shape index (κ1) is 19.9. The van der Waals surface area contributed by atoms with Gasteiger partial charge < -0.3 is 4.57 Å². The Kier molecular flexibility index (Phi) is 5.32. The molecule has 0 amide bonds. The van der Waals surface area contributed by atoms with Crippen LogP contribution in [0.5, 0.6) is 0 Å². The molecule has 0 radical (unpaired) electrons. The number of aromatic nitrogens is 5. The van der Waals surface area contributed by atoms with Crippen LogP contribution < -0.4 is 0 Å². The summed E-state index contributed by atoms with van der Waals surface area (Å²) in [6.45, 7) is 7.51. The number of rotatable bonds is 5. The molecular formula is C25H30N6. The normalized spacial score (nSPS) is 17.6. The summed E-state index contributed by atoms with van der Waals surface area (Å²) >= 11 is 0. The highest BCUT2D eigenvalue weighted by atomic mass is 15.2. The summed E-state index contributed by atoms with van der Waals surface area (Å²) in [5.74, 6) is 1.63. The number of likely N-dealkylation sites (tertiary alicyclic amines) is 1. The van der Waals surface area contributed by atoms with Crippen molar-refractivity contribution in [3.63, 3.8) is 0 Å². The van der Waals surface area contributed by atoms with Gasteiger partial charge in [0.15, 0.2) is 0 Å². The first-order valence-electron chi connectivity index (χ1n) is 11.2. The van der Waals surface area contributed by atoms with E-state index >= 15 is 0 Å². The largest absolute Gasteiger partial charge is 0.324 e. The van der Waals surface area contributed by atoms with Crippen LogP contribution in [0.15, 0.2) is 55.0 Å². The molecule has 31 heavy (non-hydrogen) atoms. The van der Waals surface area contributed by atoms with Crippen LogP contribution in [0.4, 0.5) is 0 Å². The smallest absolute Gasteiger partial charge is 0.124 e. The molecule has 4 aromatic rings. The maximum Gasteiger partial charge on any atom is 0.124 e. The molecule has 0 aliphatic carbocycles. The number of nitrogens with zero attached hydrogens (tertiary/aromatic N) is 6. The van der Waals surface area contributed by atoms with Gasteiger partial charge in [0.05, 0.1) is 23.8 Å². The minimum absolute atomic E-state index is 0.393. The quantitative estimate of drug-likeness (QED) is 0.471. The van der Waals surface area contributed by atoms with Gasteiger partial charge in [-0.15, -0.1) is 0 Å². The van der Waals surface area contributed by atoms with Crippen LogP contribution in [0.3, 0.4) is 0 Å². The zero-order chi connectivity index (χ0) is 21.4. The molecule has 0 bridgehead atoms. The third kappa shape index (κ3) is 4.00. The van der Waals surface area contributed by atoms with Crippen LogP contribution in [0.2, 0.25) is 0 Å². The minimum Gasteiger partial charge on any atom is -0.324 e. The van der Waals surface area contributed by atoms with Crippen molar-refractivity contribution in [2.45, 2.75) is 45.2 Å². The summed E-state index contributed by atoms with van der Waals surface area (Å²) < 4.78 is 4.21. The molecule has 0 unspecified atom stereocenters. The van der Waals surface area contributed by atoms with Crippen molar-refractivity contribution in [3.8, 4) is 11.1 Å². The molecule has 160 valence electrons. The highest BCUT2D eigenvalue weighted by Gasteiger charge is 2.24. The zero-order valence-corrected chi connectivity index (χ0v) is 18.6. The summed E-state index contributed by atoms with van der Waals surface area (Å²) in [6.07, 6.45) is 8.29. The molecule has 1 atom stereocenters. The monoisotopic (exact) mass is 414 g/mol. The number of piperidine rings is 1. The predicted molar refractivity (Wildman–Crippen MR) is 124 cm³/mol. The molecule has 1 aliphatic rings. The Balaban J connectivity index is 1.33.